The Morgan fingerprint density at radius 2 is 1.75 bits per heavy atom. The van der Waals surface area contributed by atoms with Crippen LogP contribution < -0.4 is 21.4 Å². The first kappa shape index (κ1) is 46.4. The molecule has 1 aliphatic carbocycles. The predicted octanol–water partition coefficient (Wildman–Crippen LogP) is 6.00. The minimum Gasteiger partial charge on any atom is -0.465 e. The molecule has 5 N–H and O–H groups in total. The smallest absolute Gasteiger partial charge is 0.407 e. The van der Waals surface area contributed by atoms with Crippen molar-refractivity contribution in [3.8, 4) is 5.75 Å². The van der Waals surface area contributed by atoms with Crippen molar-refractivity contribution in [1.29, 1.82) is 0 Å². The molecule has 5 amide bonds. The Bertz CT molecular complexity index is 1570. The molecule has 3 unspecified atom stereocenters. The monoisotopic (exact) mass is 775 g/mol. The Labute approximate surface area is 323 Å². The van der Waals surface area contributed by atoms with Crippen LogP contribution in [0, 0.1) is 30.4 Å². The average molecular weight is 776 g/mol. The highest BCUT2D eigenvalue weighted by molar-refractivity contribution is 5.88. The van der Waals surface area contributed by atoms with E-state index in [0.29, 0.717) is 48.7 Å². The van der Waals surface area contributed by atoms with Crippen LogP contribution in [0.3, 0.4) is 0 Å². The molecule has 1 saturated heterocycles. The number of methoxy groups -OCH3 is 1. The normalized spacial score (nSPS) is 17.9. The lowest BCUT2D eigenvalue weighted by atomic mass is 10.1. The molecule has 1 saturated carbocycles. The van der Waals surface area contributed by atoms with Gasteiger partial charge in [0.1, 0.15) is 17.7 Å². The summed E-state index contributed by atoms with van der Waals surface area (Å²) in [5.41, 5.74) is 9.61. The lowest BCUT2D eigenvalue weighted by molar-refractivity contribution is -0.137. The number of benzene rings is 2. The second-order valence-corrected chi connectivity index (χ2v) is 14.8. The summed E-state index contributed by atoms with van der Waals surface area (Å²) in [6, 6.07) is 8.44. The first-order valence-electron chi connectivity index (χ1n) is 18.8. The fourth-order valence-corrected chi connectivity index (χ4v) is 5.91. The number of primary amides is 1. The number of nitrogens with zero attached hydrogens (tertiary/aromatic N) is 2. The number of fused-ring (bicyclic) bond motifs is 1. The molecule has 0 radical (unpaired) electrons. The van der Waals surface area contributed by atoms with Crippen molar-refractivity contribution in [3.63, 3.8) is 0 Å². The first-order valence-corrected chi connectivity index (χ1v) is 18.8. The zero-order valence-electron chi connectivity index (χ0n) is 33.0. The van der Waals surface area contributed by atoms with Crippen LogP contribution in [0.15, 0.2) is 36.4 Å². The molecule has 3 atom stereocenters. The number of hydrogen-bond acceptors (Lipinski definition) is 7. The molecular formula is C40H59F2N5O8. The van der Waals surface area contributed by atoms with E-state index in [2.05, 4.69) is 17.7 Å². The van der Waals surface area contributed by atoms with E-state index in [1.807, 2.05) is 20.8 Å². The molecule has 2 aromatic rings. The van der Waals surface area contributed by atoms with Gasteiger partial charge in [-0.15, -0.1) is 0 Å². The highest BCUT2D eigenvalue weighted by Gasteiger charge is 2.42. The van der Waals surface area contributed by atoms with Gasteiger partial charge in [-0.2, -0.15) is 5.48 Å². The van der Waals surface area contributed by atoms with E-state index in [0.717, 1.165) is 24.8 Å². The van der Waals surface area contributed by atoms with Crippen LogP contribution in [0.25, 0.3) is 0 Å². The van der Waals surface area contributed by atoms with Crippen LogP contribution in [0.4, 0.5) is 13.6 Å². The van der Waals surface area contributed by atoms with E-state index in [4.69, 9.17) is 20.4 Å². The Balaban J connectivity index is 0.000000275. The Hall–Kier alpha value is -4.79. The predicted molar refractivity (Wildman–Crippen MR) is 203 cm³/mol. The standard InChI is InChI=1S/C18H26FNO2.C9H8FNO2.C8H13N3O3.C5H12O/c1-3-4-5-6-7-8-14-12-16(14)18(21)20-22-17-10-9-15(19)11-13(17)2;10-8-3-1-2-6-4-11(9(12)13)5-7(6)8;9-8(14)6-2-1-3-11(6)7(13)4-10-5-12;1-5(2,3)6-4/h9-11,14,16H,3-8,12H2,1-2H3,(H,20,21);1-3H,4-5H2,(H,12,13);5-6H,1-4H2,(H2,9,14)(H,10,12);1-4H3. The maximum absolute atomic E-state index is 13.1. The van der Waals surface area contributed by atoms with E-state index >= 15 is 0 Å². The van der Waals surface area contributed by atoms with E-state index < -0.39 is 18.0 Å². The van der Waals surface area contributed by atoms with Crippen molar-refractivity contribution in [2.45, 2.75) is 117 Å². The average Bonchev–Trinajstić information content (AvgIpc) is 3.50. The summed E-state index contributed by atoms with van der Waals surface area (Å²) in [6.07, 6.45) is 9.28. The molecule has 306 valence electrons. The van der Waals surface area contributed by atoms with Crippen LogP contribution in [0.2, 0.25) is 0 Å². The largest absolute Gasteiger partial charge is 0.465 e. The van der Waals surface area contributed by atoms with Crippen molar-refractivity contribution < 1.29 is 47.4 Å². The molecule has 0 bridgehead atoms. The molecule has 2 aliphatic heterocycles. The molecular weight excluding hydrogens is 716 g/mol. The molecule has 0 spiro atoms. The number of halogens is 2. The molecule has 3 aliphatic rings. The van der Waals surface area contributed by atoms with Gasteiger partial charge in [0, 0.05) is 31.7 Å². The number of carbonyl (C=O) groups is 5. The van der Waals surface area contributed by atoms with Gasteiger partial charge in [-0.1, -0.05) is 51.2 Å². The van der Waals surface area contributed by atoms with Crippen molar-refractivity contribution >= 4 is 30.2 Å². The summed E-state index contributed by atoms with van der Waals surface area (Å²) in [6.45, 7) is 10.9. The van der Waals surface area contributed by atoms with E-state index in [9.17, 15) is 32.8 Å². The second-order valence-electron chi connectivity index (χ2n) is 14.8. The number of rotatable bonds is 13. The maximum Gasteiger partial charge on any atom is 0.407 e. The van der Waals surface area contributed by atoms with Gasteiger partial charge in [-0.05, 0) is 94.7 Å². The van der Waals surface area contributed by atoms with Gasteiger partial charge in [0.2, 0.25) is 18.2 Å². The lowest BCUT2D eigenvalue weighted by Gasteiger charge is -2.21. The van der Waals surface area contributed by atoms with E-state index in [-0.39, 0.29) is 48.1 Å². The third-order valence-electron chi connectivity index (χ3n) is 9.38. The summed E-state index contributed by atoms with van der Waals surface area (Å²) < 4.78 is 31.0. The van der Waals surface area contributed by atoms with Crippen molar-refractivity contribution in [3.05, 3.63) is 64.7 Å². The Kier molecular flexibility index (Phi) is 19.6. The number of carboxylic acid groups (broad SMARTS) is 1. The summed E-state index contributed by atoms with van der Waals surface area (Å²) in [7, 11) is 1.71. The molecule has 13 nitrogen and oxygen atoms in total. The number of carbonyl (C=O) groups excluding carboxylic acids is 4. The van der Waals surface area contributed by atoms with Crippen LogP contribution >= 0.6 is 0 Å². The summed E-state index contributed by atoms with van der Waals surface area (Å²) in [5, 5.41) is 10.9. The van der Waals surface area contributed by atoms with Crippen LogP contribution in [-0.4, -0.2) is 77.0 Å². The molecule has 2 aromatic carbocycles. The topological polar surface area (TPSA) is 181 Å². The number of nitrogens with two attached hydrogens (primary N) is 1. The minimum absolute atomic E-state index is 0.0417. The minimum atomic E-state index is -1.00. The molecule has 2 heterocycles. The zero-order chi connectivity index (χ0) is 41.1. The first-order chi connectivity index (χ1) is 26.0. The molecule has 2 fully saturated rings. The number of hydrogen-bond donors (Lipinski definition) is 4. The zero-order valence-corrected chi connectivity index (χ0v) is 33.0. The number of hydroxylamine groups is 1. The van der Waals surface area contributed by atoms with Crippen LogP contribution in [0.5, 0.6) is 5.75 Å². The molecule has 5 rings (SSSR count). The van der Waals surface area contributed by atoms with Crippen LogP contribution in [-0.2, 0) is 37.0 Å². The molecule has 15 heteroatoms. The van der Waals surface area contributed by atoms with Crippen molar-refractivity contribution in [2.75, 3.05) is 20.2 Å². The van der Waals surface area contributed by atoms with Crippen molar-refractivity contribution in [2.24, 2.45) is 17.6 Å². The number of amides is 5. The lowest BCUT2D eigenvalue weighted by Crippen LogP contribution is -2.46. The maximum atomic E-state index is 13.1. The molecule has 0 aromatic heterocycles. The third-order valence-corrected chi connectivity index (χ3v) is 9.38. The van der Waals surface area contributed by atoms with Gasteiger partial charge in [0.05, 0.1) is 18.7 Å². The third kappa shape index (κ3) is 16.6. The van der Waals surface area contributed by atoms with E-state index in [1.165, 1.54) is 66.2 Å². The Morgan fingerprint density at radius 1 is 1.05 bits per heavy atom. The van der Waals surface area contributed by atoms with Gasteiger partial charge in [0.15, 0.2) is 5.75 Å². The number of unbranched alkanes of at least 4 members (excludes halogenated alkanes) is 4. The quantitative estimate of drug-likeness (QED) is 0.109. The van der Waals surface area contributed by atoms with Gasteiger partial charge in [-0.3, -0.25) is 24.1 Å². The van der Waals surface area contributed by atoms with Gasteiger partial charge >= 0.3 is 6.09 Å². The van der Waals surface area contributed by atoms with Gasteiger partial charge < -0.3 is 30.6 Å². The van der Waals surface area contributed by atoms with Gasteiger partial charge in [0.25, 0.3) is 5.91 Å². The number of ether oxygens (including phenoxy) is 1. The highest BCUT2D eigenvalue weighted by atomic mass is 19.1. The summed E-state index contributed by atoms with van der Waals surface area (Å²) in [4.78, 5) is 62.8. The fourth-order valence-electron chi connectivity index (χ4n) is 5.91. The second kappa shape index (κ2) is 23.2. The summed E-state index contributed by atoms with van der Waals surface area (Å²) >= 11 is 0. The van der Waals surface area contributed by atoms with Gasteiger partial charge in [-0.25, -0.2) is 13.6 Å². The SMILES string of the molecule is CCCCCCCC1CC1C(=O)NOc1ccc(F)cc1C.COC(C)(C)C.NC(=O)C1CCCN1C(=O)CNC=O.O=C(O)N1Cc2cccc(F)c2C1. The number of nitrogens with one attached hydrogen (secondary N) is 2. The Morgan fingerprint density at radius 3 is 2.33 bits per heavy atom. The number of aryl methyl sites for hydroxylation is 1. The fraction of sp³-hybridized carbons (Fsp3) is 0.575. The van der Waals surface area contributed by atoms with Crippen LogP contribution in [0.1, 0.15) is 102 Å². The molecule has 55 heavy (non-hydrogen) atoms. The summed E-state index contributed by atoms with van der Waals surface area (Å²) in [5.74, 6) is -0.330. The highest BCUT2D eigenvalue weighted by Crippen LogP contribution is 2.42. The number of likely N-dealkylation sites (tertiary alicyclic amines) is 1. The van der Waals surface area contributed by atoms with E-state index in [1.54, 1.807) is 26.2 Å². The van der Waals surface area contributed by atoms with Crippen molar-refractivity contribution in [1.82, 2.24) is 20.6 Å².